The van der Waals surface area contributed by atoms with Crippen molar-refractivity contribution >= 4 is 28.1 Å². The second-order valence-corrected chi connectivity index (χ2v) is 6.94. The van der Waals surface area contributed by atoms with Gasteiger partial charge in [0.15, 0.2) is 0 Å². The predicted molar refractivity (Wildman–Crippen MR) is 86.5 cm³/mol. The van der Waals surface area contributed by atoms with E-state index in [0.29, 0.717) is 22.4 Å². The summed E-state index contributed by atoms with van der Waals surface area (Å²) in [5, 5.41) is 0.596. The zero-order valence-corrected chi connectivity index (χ0v) is 13.2. The smallest absolute Gasteiger partial charge is 0.0574 e. The van der Waals surface area contributed by atoms with E-state index in [-0.39, 0.29) is 0 Å². The Morgan fingerprint density at radius 2 is 1.80 bits per heavy atom. The zero-order valence-electron chi connectivity index (χ0n) is 11.6. The maximum atomic E-state index is 12.4. The third-order valence-electron chi connectivity index (χ3n) is 3.20. The molecular weight excluding hydrogens is 290 g/mol. The van der Waals surface area contributed by atoms with Crippen LogP contribution in [-0.4, -0.2) is 4.21 Å². The van der Waals surface area contributed by atoms with E-state index in [2.05, 4.69) is 13.8 Å². The van der Waals surface area contributed by atoms with Crippen LogP contribution in [-0.2, 0) is 16.6 Å². The van der Waals surface area contributed by atoms with E-state index in [9.17, 15) is 4.21 Å². The molecule has 4 heteroatoms. The molecular formula is C16H18ClNOS. The van der Waals surface area contributed by atoms with Crippen LogP contribution >= 0.6 is 11.6 Å². The summed E-state index contributed by atoms with van der Waals surface area (Å²) in [6, 6.07) is 13.2. The summed E-state index contributed by atoms with van der Waals surface area (Å²) in [6.45, 7) is 4.28. The first-order chi connectivity index (χ1) is 9.47. The Labute approximate surface area is 127 Å². The molecule has 0 fully saturated rings. The van der Waals surface area contributed by atoms with Gasteiger partial charge in [-0.3, -0.25) is 4.21 Å². The van der Waals surface area contributed by atoms with Crippen LogP contribution in [0.4, 0.5) is 5.69 Å². The minimum Gasteiger partial charge on any atom is -0.398 e. The highest BCUT2D eigenvalue weighted by Crippen LogP contribution is 2.22. The van der Waals surface area contributed by atoms with Crippen LogP contribution in [0.25, 0.3) is 0 Å². The lowest BCUT2D eigenvalue weighted by atomic mass is 10.0. The monoisotopic (exact) mass is 307 g/mol. The number of halogens is 1. The lowest BCUT2D eigenvalue weighted by Gasteiger charge is -2.08. The van der Waals surface area contributed by atoms with Crippen LogP contribution in [0, 0.1) is 0 Å². The van der Waals surface area contributed by atoms with E-state index in [1.807, 2.05) is 30.3 Å². The molecule has 2 aromatic carbocycles. The number of anilines is 1. The molecule has 106 valence electrons. The molecule has 2 aromatic rings. The van der Waals surface area contributed by atoms with Crippen molar-refractivity contribution in [1.29, 1.82) is 0 Å². The van der Waals surface area contributed by atoms with Crippen LogP contribution in [0.2, 0.25) is 5.02 Å². The molecule has 0 saturated carbocycles. The summed E-state index contributed by atoms with van der Waals surface area (Å²) in [6.07, 6.45) is 0. The average molecular weight is 308 g/mol. The summed E-state index contributed by atoms with van der Waals surface area (Å²) in [4.78, 5) is 0.823. The van der Waals surface area contributed by atoms with Crippen LogP contribution in [0.5, 0.6) is 0 Å². The Morgan fingerprint density at radius 3 is 2.35 bits per heavy atom. The molecule has 0 aromatic heterocycles. The van der Waals surface area contributed by atoms with Crippen molar-refractivity contribution in [3.05, 3.63) is 58.6 Å². The van der Waals surface area contributed by atoms with Crippen LogP contribution in [0.15, 0.2) is 47.4 Å². The molecule has 1 atom stereocenters. The number of rotatable bonds is 4. The highest BCUT2D eigenvalue weighted by Gasteiger charge is 2.09. The van der Waals surface area contributed by atoms with Gasteiger partial charge in [0.2, 0.25) is 0 Å². The molecule has 0 spiro atoms. The number of nitrogens with two attached hydrogens (primary N) is 1. The van der Waals surface area contributed by atoms with Crippen molar-refractivity contribution in [3.63, 3.8) is 0 Å². The van der Waals surface area contributed by atoms with Gasteiger partial charge in [0.05, 0.1) is 16.6 Å². The molecule has 2 N–H and O–H groups in total. The first-order valence-corrected chi connectivity index (χ1v) is 8.19. The molecule has 0 amide bonds. The number of benzene rings is 2. The molecule has 1 unspecified atom stereocenters. The van der Waals surface area contributed by atoms with E-state index in [0.717, 1.165) is 10.5 Å². The van der Waals surface area contributed by atoms with E-state index in [1.54, 1.807) is 12.1 Å². The molecule has 20 heavy (non-hydrogen) atoms. The highest BCUT2D eigenvalue weighted by molar-refractivity contribution is 7.84. The Bertz CT molecular complexity index is 623. The van der Waals surface area contributed by atoms with Crippen LogP contribution in [0.3, 0.4) is 0 Å². The van der Waals surface area contributed by atoms with E-state index < -0.39 is 10.8 Å². The quantitative estimate of drug-likeness (QED) is 0.853. The minimum absolute atomic E-state index is 0.407. The summed E-state index contributed by atoms with van der Waals surface area (Å²) in [7, 11) is -1.10. The van der Waals surface area contributed by atoms with Gasteiger partial charge >= 0.3 is 0 Å². The highest BCUT2D eigenvalue weighted by atomic mass is 35.5. The second kappa shape index (κ2) is 6.42. The third-order valence-corrected chi connectivity index (χ3v) is 4.81. The summed E-state index contributed by atoms with van der Waals surface area (Å²) in [5.74, 6) is 0.883. The SMILES string of the molecule is CC(C)c1ccc(S(=O)Cc2ccc(Cl)cc2N)cc1. The van der Waals surface area contributed by atoms with Gasteiger partial charge in [-0.2, -0.15) is 0 Å². The van der Waals surface area contributed by atoms with Crippen molar-refractivity contribution in [2.45, 2.75) is 30.4 Å². The molecule has 0 heterocycles. The first-order valence-electron chi connectivity index (χ1n) is 6.49. The molecule has 0 bridgehead atoms. The van der Waals surface area contributed by atoms with Crippen molar-refractivity contribution < 1.29 is 4.21 Å². The van der Waals surface area contributed by atoms with Crippen molar-refractivity contribution in [3.8, 4) is 0 Å². The number of hydrogen-bond acceptors (Lipinski definition) is 2. The van der Waals surface area contributed by atoms with Crippen molar-refractivity contribution in [1.82, 2.24) is 0 Å². The summed E-state index contributed by atoms with van der Waals surface area (Å²) >= 11 is 5.86. The molecule has 0 aliphatic heterocycles. The van der Waals surface area contributed by atoms with E-state index >= 15 is 0 Å². The Kier molecular flexibility index (Phi) is 4.84. The normalized spacial score (nSPS) is 12.6. The van der Waals surface area contributed by atoms with Crippen molar-refractivity contribution in [2.24, 2.45) is 0 Å². The van der Waals surface area contributed by atoms with Gasteiger partial charge in [-0.15, -0.1) is 0 Å². The maximum absolute atomic E-state index is 12.4. The van der Waals surface area contributed by atoms with Gasteiger partial charge in [-0.25, -0.2) is 0 Å². The average Bonchev–Trinajstić information content (AvgIpc) is 2.42. The predicted octanol–water partition coefficient (Wildman–Crippen LogP) is 4.35. The fraction of sp³-hybridized carbons (Fsp3) is 0.250. The van der Waals surface area contributed by atoms with E-state index in [4.69, 9.17) is 17.3 Å². The maximum Gasteiger partial charge on any atom is 0.0574 e. The molecule has 0 aliphatic rings. The second-order valence-electron chi connectivity index (χ2n) is 5.06. The summed E-state index contributed by atoms with van der Waals surface area (Å²) < 4.78 is 12.4. The number of nitrogen functional groups attached to an aromatic ring is 1. The lowest BCUT2D eigenvalue weighted by Crippen LogP contribution is -2.01. The molecule has 2 nitrogen and oxygen atoms in total. The summed E-state index contributed by atoms with van der Waals surface area (Å²) in [5.41, 5.74) is 8.59. The van der Waals surface area contributed by atoms with Crippen LogP contribution in [0.1, 0.15) is 30.9 Å². The van der Waals surface area contributed by atoms with Gasteiger partial charge in [-0.1, -0.05) is 43.6 Å². The Hall–Kier alpha value is -1.32. The van der Waals surface area contributed by atoms with Gasteiger partial charge < -0.3 is 5.73 Å². The molecule has 0 aliphatic carbocycles. The largest absolute Gasteiger partial charge is 0.398 e. The third kappa shape index (κ3) is 3.62. The van der Waals surface area contributed by atoms with Gasteiger partial charge in [0.1, 0.15) is 0 Å². The van der Waals surface area contributed by atoms with Crippen LogP contribution < -0.4 is 5.73 Å². The zero-order chi connectivity index (χ0) is 14.7. The molecule has 0 radical (unpaired) electrons. The lowest BCUT2D eigenvalue weighted by molar-refractivity contribution is 0.682. The fourth-order valence-electron chi connectivity index (χ4n) is 1.93. The Balaban J connectivity index is 2.15. The minimum atomic E-state index is -1.10. The Morgan fingerprint density at radius 1 is 1.15 bits per heavy atom. The van der Waals surface area contributed by atoms with Crippen molar-refractivity contribution in [2.75, 3.05) is 5.73 Å². The fourth-order valence-corrected chi connectivity index (χ4v) is 3.26. The molecule has 2 rings (SSSR count). The first kappa shape index (κ1) is 15.1. The topological polar surface area (TPSA) is 43.1 Å². The van der Waals surface area contributed by atoms with Gasteiger partial charge in [0, 0.05) is 15.6 Å². The van der Waals surface area contributed by atoms with Gasteiger partial charge in [0.25, 0.3) is 0 Å². The van der Waals surface area contributed by atoms with E-state index in [1.165, 1.54) is 5.56 Å². The van der Waals surface area contributed by atoms with Gasteiger partial charge in [-0.05, 0) is 41.3 Å². The molecule has 0 saturated heterocycles. The standard InChI is InChI=1S/C16H18ClNOS/c1-11(2)12-4-7-15(8-5-12)20(19)10-13-3-6-14(17)9-16(13)18/h3-9,11H,10,18H2,1-2H3. The number of hydrogen-bond donors (Lipinski definition) is 1.